The van der Waals surface area contributed by atoms with Crippen LogP contribution < -0.4 is 16.1 Å². The molecule has 0 aliphatic rings. The van der Waals surface area contributed by atoms with Crippen LogP contribution in [0.1, 0.15) is 10.4 Å². The fourth-order valence-electron chi connectivity index (χ4n) is 2.53. The zero-order valence-corrected chi connectivity index (χ0v) is 17.8. The molecule has 3 aromatic rings. The van der Waals surface area contributed by atoms with Crippen LogP contribution in [-0.2, 0) is 0 Å². The summed E-state index contributed by atoms with van der Waals surface area (Å²) in [5.41, 5.74) is 1.80. The average Bonchev–Trinajstić information content (AvgIpc) is 2.98. The molecule has 11 heteroatoms. The number of halogens is 1. The van der Waals surface area contributed by atoms with Crippen LogP contribution in [0.2, 0.25) is 0 Å². The van der Waals surface area contributed by atoms with Crippen molar-refractivity contribution in [1.82, 2.24) is 13.6 Å². The molecule has 1 unspecified atom stereocenters. The zero-order valence-electron chi connectivity index (χ0n) is 15.4. The summed E-state index contributed by atoms with van der Waals surface area (Å²) in [6, 6.07) is 10.7. The van der Waals surface area contributed by atoms with Gasteiger partial charge in [-0.15, -0.1) is 0 Å². The fourth-order valence-corrected chi connectivity index (χ4v) is 3.53. The molecule has 3 rings (SSSR count). The molecule has 2 aromatic carbocycles. The Bertz CT molecular complexity index is 1040. The van der Waals surface area contributed by atoms with Crippen LogP contribution in [0.3, 0.4) is 0 Å². The lowest BCUT2D eigenvalue weighted by Gasteiger charge is -2.16. The quantitative estimate of drug-likeness (QED) is 0.303. The van der Waals surface area contributed by atoms with Gasteiger partial charge in [0, 0.05) is 27.3 Å². The van der Waals surface area contributed by atoms with Crippen molar-refractivity contribution < 1.29 is 14.5 Å². The molecule has 1 amide bonds. The predicted octanol–water partition coefficient (Wildman–Crippen LogP) is 2.12. The minimum Gasteiger partial charge on any atom is -0.546 e. The van der Waals surface area contributed by atoms with E-state index in [1.807, 2.05) is 24.3 Å². The third kappa shape index (κ3) is 4.11. The number of amides is 1. The number of phenols is 1. The van der Waals surface area contributed by atoms with Crippen molar-refractivity contribution in [2.45, 2.75) is 0 Å². The van der Waals surface area contributed by atoms with Crippen LogP contribution in [0, 0.1) is 0 Å². The van der Waals surface area contributed by atoms with Crippen molar-refractivity contribution in [1.29, 1.82) is 0 Å². The average molecular weight is 462 g/mol. The Morgan fingerprint density at radius 2 is 1.75 bits per heavy atom. The highest BCUT2D eigenvalue weighted by atomic mass is 79.9. The van der Waals surface area contributed by atoms with Crippen LogP contribution in [0.5, 0.6) is 5.75 Å². The van der Waals surface area contributed by atoms with E-state index in [9.17, 15) is 14.5 Å². The highest BCUT2D eigenvalue weighted by Crippen LogP contribution is 2.35. The van der Waals surface area contributed by atoms with Crippen LogP contribution in [0.25, 0.3) is 0 Å². The first kappa shape index (κ1) is 20.1. The van der Waals surface area contributed by atoms with Gasteiger partial charge in [0.2, 0.25) is 11.6 Å². The molecule has 0 bridgehead atoms. The number of rotatable bonds is 5. The number of aromatic hydroxyl groups is 1. The van der Waals surface area contributed by atoms with Gasteiger partial charge in [-0.3, -0.25) is 4.79 Å². The van der Waals surface area contributed by atoms with E-state index in [2.05, 4.69) is 35.3 Å². The van der Waals surface area contributed by atoms with Crippen molar-refractivity contribution in [3.63, 3.8) is 0 Å². The summed E-state index contributed by atoms with van der Waals surface area (Å²) in [7, 11) is 4.96. The Balaban J connectivity index is 1.96. The molecule has 0 fully saturated rings. The van der Waals surface area contributed by atoms with E-state index in [1.54, 1.807) is 34.1 Å². The summed E-state index contributed by atoms with van der Waals surface area (Å²) in [4.78, 5) is 13.8. The van der Waals surface area contributed by atoms with Gasteiger partial charge < -0.3 is 25.2 Å². The van der Waals surface area contributed by atoms with Gasteiger partial charge in [0.1, 0.15) is 7.85 Å². The third-order valence-electron chi connectivity index (χ3n) is 3.95. The molecule has 28 heavy (non-hydrogen) atoms. The predicted molar refractivity (Wildman–Crippen MR) is 116 cm³/mol. The Kier molecular flexibility index (Phi) is 5.87. The first-order chi connectivity index (χ1) is 13.3. The Hall–Kier alpha value is -2.63. The molecule has 1 heterocycles. The molecule has 144 valence electrons. The smallest absolute Gasteiger partial charge is 0.256 e. The summed E-state index contributed by atoms with van der Waals surface area (Å²) in [6.07, 6.45) is 0. The van der Waals surface area contributed by atoms with Crippen LogP contribution in [-0.4, -0.2) is 51.2 Å². The number of nitrogens with one attached hydrogen (secondary N) is 2. The molecule has 0 spiro atoms. The molecule has 8 nitrogen and oxygen atoms in total. The van der Waals surface area contributed by atoms with Crippen LogP contribution in [0.4, 0.5) is 23.0 Å². The number of phenolic OH excluding ortho intramolecular Hbond substituents is 1. The van der Waals surface area contributed by atoms with E-state index in [0.717, 1.165) is 4.47 Å². The monoisotopic (exact) mass is 461 g/mol. The van der Waals surface area contributed by atoms with Gasteiger partial charge in [0.15, 0.2) is 16.9 Å². The van der Waals surface area contributed by atoms with E-state index in [-0.39, 0.29) is 34.5 Å². The second-order valence-electron chi connectivity index (χ2n) is 6.19. The Morgan fingerprint density at radius 3 is 2.36 bits per heavy atom. The van der Waals surface area contributed by atoms with Crippen molar-refractivity contribution in [2.24, 2.45) is 0 Å². The molecule has 1 aromatic heterocycles. The topological polar surface area (TPSA) is 113 Å². The van der Waals surface area contributed by atoms with Gasteiger partial charge in [-0.05, 0) is 34.1 Å². The van der Waals surface area contributed by atoms with Gasteiger partial charge in [0.25, 0.3) is 5.91 Å². The fraction of sp³-hybridized carbons (Fsp3) is 0.118. The summed E-state index contributed by atoms with van der Waals surface area (Å²) in [5, 5.41) is 16.6. The van der Waals surface area contributed by atoms with Crippen molar-refractivity contribution in [3.8, 4) is 5.75 Å². The van der Waals surface area contributed by atoms with E-state index in [0.29, 0.717) is 11.2 Å². The summed E-state index contributed by atoms with van der Waals surface area (Å²) in [6.45, 7) is 0. The summed E-state index contributed by atoms with van der Waals surface area (Å²) >= 11 is 1.64. The largest absolute Gasteiger partial charge is 0.546 e. The number of para-hydroxylation sites is 1. The maximum atomic E-state index is 12.4. The number of anilines is 4. The highest BCUT2D eigenvalue weighted by molar-refractivity contribution is 9.10. The Labute approximate surface area is 174 Å². The number of nitrogens with zero attached hydrogens (tertiary/aromatic N) is 3. The highest BCUT2D eigenvalue weighted by Gasteiger charge is 2.22. The molecule has 1 atom stereocenters. The molecule has 0 aliphatic heterocycles. The van der Waals surface area contributed by atoms with E-state index < -0.39 is 11.1 Å². The van der Waals surface area contributed by atoms with E-state index in [1.165, 1.54) is 4.90 Å². The molecule has 0 aliphatic carbocycles. The standard InChI is InChI=1S/C17H17BBrN5O3S/c1-24(2)17(26)13-9(18)7-8-12(14(13)25)21-16-15(22-28(27)23-16)20-11-6-4-3-5-10(11)19/h3-8,25H,18H2,1-2H3,(H,20,22)(H,21,23). The number of aromatic nitrogens is 2. The summed E-state index contributed by atoms with van der Waals surface area (Å²) in [5.74, 6) is -0.0858. The third-order valence-corrected chi connectivity index (χ3v) is 5.32. The minimum atomic E-state index is -1.79. The molecule has 0 saturated heterocycles. The minimum absolute atomic E-state index is 0.187. The van der Waals surface area contributed by atoms with Gasteiger partial charge in [-0.25, -0.2) is 0 Å². The number of hydrogen-bond acceptors (Lipinski definition) is 7. The second-order valence-corrected chi connectivity index (χ2v) is 7.87. The molecule has 0 saturated carbocycles. The SMILES string of the molecule is Bc1ccc(Nc2n[s+]([O-])nc2Nc2ccccc2Br)c(O)c1C(=O)N(C)C. The normalized spacial score (nSPS) is 11.2. The lowest BCUT2D eigenvalue weighted by atomic mass is 9.88. The molecule has 3 N–H and O–H groups in total. The van der Waals surface area contributed by atoms with E-state index in [4.69, 9.17) is 0 Å². The number of carbonyl (C=O) groups is 1. The maximum Gasteiger partial charge on any atom is 0.256 e. The number of carbonyl (C=O) groups excluding carboxylic acids is 1. The molecular weight excluding hydrogens is 445 g/mol. The molecular formula is C17H17BBrN5O3S. The van der Waals surface area contributed by atoms with Crippen molar-refractivity contribution >= 4 is 69.3 Å². The lowest BCUT2D eigenvalue weighted by Crippen LogP contribution is -2.28. The maximum absolute atomic E-state index is 12.4. The van der Waals surface area contributed by atoms with Gasteiger partial charge in [0.05, 0.1) is 16.9 Å². The van der Waals surface area contributed by atoms with Gasteiger partial charge in [-0.1, -0.05) is 23.7 Å². The van der Waals surface area contributed by atoms with Gasteiger partial charge in [-0.2, -0.15) is 0 Å². The second kappa shape index (κ2) is 8.17. The van der Waals surface area contributed by atoms with Crippen LogP contribution >= 0.6 is 27.1 Å². The number of hydrogen-bond donors (Lipinski definition) is 3. The van der Waals surface area contributed by atoms with E-state index >= 15 is 0 Å². The Morgan fingerprint density at radius 1 is 1.14 bits per heavy atom. The number of benzene rings is 2. The first-order valence-electron chi connectivity index (χ1n) is 8.20. The molecule has 0 radical (unpaired) electrons. The van der Waals surface area contributed by atoms with Crippen LogP contribution in [0.15, 0.2) is 40.9 Å². The summed E-state index contributed by atoms with van der Waals surface area (Å²) < 4.78 is 20.6. The van der Waals surface area contributed by atoms with Crippen molar-refractivity contribution in [3.05, 3.63) is 46.4 Å². The van der Waals surface area contributed by atoms with Gasteiger partial charge >= 0.3 is 0 Å². The zero-order chi connectivity index (χ0) is 20.4. The lowest BCUT2D eigenvalue weighted by molar-refractivity contribution is 0.0826. The first-order valence-corrected chi connectivity index (χ1v) is 10.1. The van der Waals surface area contributed by atoms with Crippen molar-refractivity contribution in [2.75, 3.05) is 24.7 Å².